The average molecular weight is 452 g/mol. The van der Waals surface area contributed by atoms with E-state index in [0.29, 0.717) is 24.3 Å². The van der Waals surface area contributed by atoms with Crippen molar-refractivity contribution in [2.75, 3.05) is 18.1 Å². The van der Waals surface area contributed by atoms with E-state index in [1.54, 1.807) is 43.0 Å². The Morgan fingerprint density at radius 1 is 1.20 bits per heavy atom. The summed E-state index contributed by atoms with van der Waals surface area (Å²) in [4.78, 5) is 27.4. The number of amides is 1. The molecule has 1 fully saturated rings. The number of carbonyl (C=O) groups excluding carboxylic acids is 2. The van der Waals surface area contributed by atoms with E-state index >= 15 is 0 Å². The second kappa shape index (κ2) is 9.61. The lowest BCUT2D eigenvalue weighted by molar-refractivity contribution is -0.135. The van der Waals surface area contributed by atoms with Crippen molar-refractivity contribution in [3.05, 3.63) is 52.2 Å². The van der Waals surface area contributed by atoms with Crippen molar-refractivity contribution in [1.82, 2.24) is 4.90 Å². The summed E-state index contributed by atoms with van der Waals surface area (Å²) in [5, 5.41) is 1.92. The number of ether oxygens (including phenoxy) is 2. The Kier molecular flexibility index (Phi) is 7.14. The van der Waals surface area contributed by atoms with Crippen LogP contribution < -0.4 is 4.74 Å². The van der Waals surface area contributed by atoms with Crippen molar-refractivity contribution in [2.45, 2.75) is 39.0 Å². The number of sulfone groups is 1. The Balaban J connectivity index is 1.63. The molecule has 0 bridgehead atoms. The number of esters is 1. The minimum absolute atomic E-state index is 0.0171. The van der Waals surface area contributed by atoms with Gasteiger partial charge in [0.15, 0.2) is 16.4 Å². The van der Waals surface area contributed by atoms with Crippen molar-refractivity contribution < 1.29 is 27.5 Å². The molecule has 0 N–H and O–H groups in total. The molecule has 30 heavy (non-hydrogen) atoms. The highest BCUT2D eigenvalue weighted by Gasteiger charge is 2.35. The van der Waals surface area contributed by atoms with Crippen LogP contribution in [0.5, 0.6) is 5.75 Å². The van der Waals surface area contributed by atoms with Crippen LogP contribution in [0.15, 0.2) is 41.8 Å². The van der Waals surface area contributed by atoms with Crippen LogP contribution in [0, 0.1) is 0 Å². The number of rotatable bonds is 8. The third-order valence-electron chi connectivity index (χ3n) is 4.67. The molecule has 0 saturated carbocycles. The van der Waals surface area contributed by atoms with Gasteiger partial charge in [0.2, 0.25) is 0 Å². The van der Waals surface area contributed by atoms with Crippen LogP contribution in [0.2, 0.25) is 0 Å². The van der Waals surface area contributed by atoms with Gasteiger partial charge < -0.3 is 14.4 Å². The van der Waals surface area contributed by atoms with E-state index < -0.39 is 15.8 Å². The molecule has 1 unspecified atom stereocenters. The van der Waals surface area contributed by atoms with E-state index in [4.69, 9.17) is 9.47 Å². The zero-order valence-corrected chi connectivity index (χ0v) is 18.6. The Morgan fingerprint density at radius 3 is 2.50 bits per heavy atom. The second-order valence-corrected chi connectivity index (χ2v) is 10.7. The number of hydrogen-bond acceptors (Lipinski definition) is 7. The van der Waals surface area contributed by atoms with Crippen molar-refractivity contribution in [2.24, 2.45) is 0 Å². The number of thiophene rings is 1. The summed E-state index contributed by atoms with van der Waals surface area (Å²) >= 11 is 1.52. The Bertz CT molecular complexity index is 967. The first kappa shape index (κ1) is 22.3. The molecule has 162 valence electrons. The average Bonchev–Trinajstić information content (AvgIpc) is 3.33. The van der Waals surface area contributed by atoms with E-state index in [-0.39, 0.29) is 36.2 Å². The molecule has 2 aromatic rings. The predicted octanol–water partition coefficient (Wildman–Crippen LogP) is 2.91. The number of benzene rings is 1. The molecule has 1 aromatic carbocycles. The molecule has 9 heteroatoms. The second-order valence-electron chi connectivity index (χ2n) is 7.42. The van der Waals surface area contributed by atoms with Crippen LogP contribution in [0.25, 0.3) is 0 Å². The minimum Gasteiger partial charge on any atom is -0.484 e. The highest BCUT2D eigenvalue weighted by molar-refractivity contribution is 7.91. The third-order valence-corrected chi connectivity index (χ3v) is 7.28. The van der Waals surface area contributed by atoms with Gasteiger partial charge in [0, 0.05) is 10.9 Å². The van der Waals surface area contributed by atoms with Crippen molar-refractivity contribution in [3.8, 4) is 5.75 Å². The molecule has 1 aliphatic rings. The summed E-state index contributed by atoms with van der Waals surface area (Å²) in [5.74, 6) is -0.164. The Morgan fingerprint density at radius 2 is 1.93 bits per heavy atom. The normalized spacial score (nSPS) is 17.6. The summed E-state index contributed by atoms with van der Waals surface area (Å²) in [6, 6.07) is 9.85. The van der Waals surface area contributed by atoms with Gasteiger partial charge in [-0.25, -0.2) is 13.2 Å². The fourth-order valence-corrected chi connectivity index (χ4v) is 5.64. The van der Waals surface area contributed by atoms with Gasteiger partial charge in [0.1, 0.15) is 5.75 Å². The van der Waals surface area contributed by atoms with Gasteiger partial charge in [-0.15, -0.1) is 11.3 Å². The largest absolute Gasteiger partial charge is 0.484 e. The first-order chi connectivity index (χ1) is 14.2. The highest BCUT2D eigenvalue weighted by Crippen LogP contribution is 2.22. The standard InChI is InChI=1S/C21H25NO6S2/c1-15(2)28-21(24)16-5-7-18(8-6-16)27-13-20(23)22(12-19-4-3-10-29-19)17-9-11-30(25,26)14-17/h3-8,10,15,17H,9,11-14H2,1-2H3. The molecule has 0 spiro atoms. The van der Waals surface area contributed by atoms with Gasteiger partial charge in [-0.2, -0.15) is 0 Å². The minimum atomic E-state index is -3.12. The van der Waals surface area contributed by atoms with Crippen molar-refractivity contribution in [1.29, 1.82) is 0 Å². The van der Waals surface area contributed by atoms with Gasteiger partial charge >= 0.3 is 5.97 Å². The Labute approximate surface area is 180 Å². The van der Waals surface area contributed by atoms with Crippen LogP contribution in [0.3, 0.4) is 0 Å². The molecule has 1 atom stereocenters. The topological polar surface area (TPSA) is 90.0 Å². The van der Waals surface area contributed by atoms with E-state index in [2.05, 4.69) is 0 Å². The first-order valence-electron chi connectivity index (χ1n) is 9.69. The molecule has 1 aromatic heterocycles. The highest BCUT2D eigenvalue weighted by atomic mass is 32.2. The molecule has 0 radical (unpaired) electrons. The zero-order chi connectivity index (χ0) is 21.7. The van der Waals surface area contributed by atoms with Gasteiger partial charge in [-0.05, 0) is 56.0 Å². The Hall–Kier alpha value is -2.39. The first-order valence-corrected chi connectivity index (χ1v) is 12.4. The smallest absolute Gasteiger partial charge is 0.338 e. The van der Waals surface area contributed by atoms with Gasteiger partial charge in [-0.1, -0.05) is 6.07 Å². The van der Waals surface area contributed by atoms with Crippen LogP contribution in [-0.2, 0) is 25.9 Å². The van der Waals surface area contributed by atoms with Crippen molar-refractivity contribution in [3.63, 3.8) is 0 Å². The maximum absolute atomic E-state index is 12.9. The molecular weight excluding hydrogens is 426 g/mol. The SMILES string of the molecule is CC(C)OC(=O)c1ccc(OCC(=O)N(Cc2cccs2)C2CCS(=O)(=O)C2)cc1. The van der Waals surface area contributed by atoms with Gasteiger partial charge in [0.25, 0.3) is 5.91 Å². The third kappa shape index (κ3) is 6.06. The lowest BCUT2D eigenvalue weighted by Crippen LogP contribution is -2.42. The molecule has 1 amide bonds. The predicted molar refractivity (Wildman–Crippen MR) is 114 cm³/mol. The maximum Gasteiger partial charge on any atom is 0.338 e. The van der Waals surface area contributed by atoms with Crippen LogP contribution >= 0.6 is 11.3 Å². The fraction of sp³-hybridized carbons (Fsp3) is 0.429. The van der Waals surface area contributed by atoms with E-state index in [0.717, 1.165) is 4.88 Å². The van der Waals surface area contributed by atoms with E-state index in [1.807, 2.05) is 17.5 Å². The number of nitrogens with zero attached hydrogens (tertiary/aromatic N) is 1. The lowest BCUT2D eigenvalue weighted by Gasteiger charge is -2.28. The molecule has 1 aliphatic heterocycles. The molecule has 2 heterocycles. The summed E-state index contributed by atoms with van der Waals surface area (Å²) in [5.41, 5.74) is 0.401. The quantitative estimate of drug-likeness (QED) is 0.574. The van der Waals surface area contributed by atoms with Crippen LogP contribution in [-0.4, -0.2) is 55.5 Å². The molecule has 3 rings (SSSR count). The number of carbonyl (C=O) groups is 2. The van der Waals surface area contributed by atoms with Crippen LogP contribution in [0.4, 0.5) is 0 Å². The lowest BCUT2D eigenvalue weighted by atomic mass is 10.2. The molecule has 7 nitrogen and oxygen atoms in total. The molecular formula is C21H25NO6S2. The summed E-state index contributed by atoms with van der Waals surface area (Å²) in [7, 11) is -3.12. The van der Waals surface area contributed by atoms with Gasteiger partial charge in [0.05, 0.1) is 29.7 Å². The molecule has 0 aliphatic carbocycles. The fourth-order valence-electron chi connectivity index (χ4n) is 3.21. The molecule has 1 saturated heterocycles. The monoisotopic (exact) mass is 451 g/mol. The zero-order valence-electron chi connectivity index (χ0n) is 16.9. The van der Waals surface area contributed by atoms with Crippen molar-refractivity contribution >= 4 is 33.1 Å². The maximum atomic E-state index is 12.9. The van der Waals surface area contributed by atoms with E-state index in [9.17, 15) is 18.0 Å². The summed E-state index contributed by atoms with van der Waals surface area (Å²) in [6.07, 6.45) is 0.228. The van der Waals surface area contributed by atoms with Gasteiger partial charge in [-0.3, -0.25) is 4.79 Å². The number of hydrogen-bond donors (Lipinski definition) is 0. The summed E-state index contributed by atoms with van der Waals surface area (Å²) < 4.78 is 34.5. The summed E-state index contributed by atoms with van der Waals surface area (Å²) in [6.45, 7) is 3.70. The van der Waals surface area contributed by atoms with Crippen LogP contribution in [0.1, 0.15) is 35.5 Å². The van der Waals surface area contributed by atoms with E-state index in [1.165, 1.54) is 11.3 Å².